The maximum atomic E-state index is 12.3. The molecular weight excluding hydrogens is 360 g/mol. The first-order valence-corrected chi connectivity index (χ1v) is 10.9. The molecule has 5 nitrogen and oxygen atoms in total. The highest BCUT2D eigenvalue weighted by molar-refractivity contribution is 5.80. The minimum atomic E-state index is 0.0589. The average molecular weight is 393 g/mol. The molecule has 0 atom stereocenters. The van der Waals surface area contributed by atoms with Crippen molar-refractivity contribution in [2.75, 3.05) is 38.0 Å². The standard InChI is InChI=1S/C24H32N4O/c29-23-18-25-22-10-4-8-21(27-22)9-5-12-24(19-26-23)13-16-28(17-14-24)15-11-20-6-2-1-3-7-20/h1-4,6-8,10H,5,9,11-19H2,(H,25,27)(H,26,29). The molecule has 2 aliphatic heterocycles. The number of pyridine rings is 1. The van der Waals surface area contributed by atoms with E-state index < -0.39 is 0 Å². The van der Waals surface area contributed by atoms with E-state index in [1.165, 1.54) is 5.56 Å². The van der Waals surface area contributed by atoms with Crippen LogP contribution in [0.3, 0.4) is 0 Å². The molecule has 0 saturated carbocycles. The number of piperidine rings is 1. The second kappa shape index (κ2) is 9.40. The van der Waals surface area contributed by atoms with E-state index in [1.807, 2.05) is 12.1 Å². The molecule has 2 aliphatic rings. The molecule has 1 aromatic heterocycles. The number of amides is 1. The normalized spacial score (nSPS) is 20.2. The fourth-order valence-electron chi connectivity index (χ4n) is 4.58. The van der Waals surface area contributed by atoms with E-state index >= 15 is 0 Å². The highest BCUT2D eigenvalue weighted by Gasteiger charge is 2.34. The van der Waals surface area contributed by atoms with Crippen LogP contribution in [-0.4, -0.2) is 48.5 Å². The van der Waals surface area contributed by atoms with E-state index in [1.54, 1.807) is 0 Å². The van der Waals surface area contributed by atoms with Crippen molar-refractivity contribution in [3.05, 3.63) is 59.8 Å². The zero-order valence-electron chi connectivity index (χ0n) is 17.2. The van der Waals surface area contributed by atoms with Crippen LogP contribution in [0.4, 0.5) is 5.82 Å². The lowest BCUT2D eigenvalue weighted by Crippen LogP contribution is -2.47. The largest absolute Gasteiger partial charge is 0.361 e. The summed E-state index contributed by atoms with van der Waals surface area (Å²) in [6.07, 6.45) is 6.70. The van der Waals surface area contributed by atoms with Gasteiger partial charge in [0.25, 0.3) is 0 Å². The lowest BCUT2D eigenvalue weighted by molar-refractivity contribution is -0.120. The summed E-state index contributed by atoms with van der Waals surface area (Å²) in [5, 5.41) is 6.35. The highest BCUT2D eigenvalue weighted by Crippen LogP contribution is 2.36. The summed E-state index contributed by atoms with van der Waals surface area (Å²) in [4.78, 5) is 19.6. The summed E-state index contributed by atoms with van der Waals surface area (Å²) in [6.45, 7) is 4.44. The monoisotopic (exact) mass is 392 g/mol. The van der Waals surface area contributed by atoms with Crippen molar-refractivity contribution in [1.82, 2.24) is 15.2 Å². The fraction of sp³-hybridized carbons (Fsp3) is 0.500. The molecule has 1 saturated heterocycles. The molecule has 1 fully saturated rings. The van der Waals surface area contributed by atoms with Gasteiger partial charge in [-0.3, -0.25) is 4.79 Å². The first kappa shape index (κ1) is 19.9. The molecule has 4 rings (SSSR count). The zero-order valence-corrected chi connectivity index (χ0v) is 17.2. The SMILES string of the molecule is O=C1CNc2cccc(n2)CCCC2(CCN(CCc3ccccc3)CC2)CN1. The molecule has 1 spiro atoms. The van der Waals surface area contributed by atoms with Crippen molar-refractivity contribution in [3.8, 4) is 0 Å². The third-order valence-electron chi connectivity index (χ3n) is 6.51. The number of carbonyl (C=O) groups is 1. The van der Waals surface area contributed by atoms with Gasteiger partial charge >= 0.3 is 0 Å². The molecule has 5 heteroatoms. The van der Waals surface area contributed by atoms with Crippen molar-refractivity contribution < 1.29 is 4.79 Å². The number of benzene rings is 1. The van der Waals surface area contributed by atoms with Crippen LogP contribution in [0.2, 0.25) is 0 Å². The van der Waals surface area contributed by atoms with Gasteiger partial charge in [0.1, 0.15) is 5.82 Å². The molecule has 1 aromatic carbocycles. The highest BCUT2D eigenvalue weighted by atomic mass is 16.1. The number of fused-ring (bicyclic) bond motifs is 2. The van der Waals surface area contributed by atoms with E-state index in [-0.39, 0.29) is 17.9 Å². The third kappa shape index (κ3) is 5.57. The van der Waals surface area contributed by atoms with Crippen LogP contribution >= 0.6 is 0 Å². The Morgan fingerprint density at radius 2 is 1.79 bits per heavy atom. The molecule has 29 heavy (non-hydrogen) atoms. The summed E-state index contributed by atoms with van der Waals surface area (Å²) in [5.74, 6) is 0.850. The Morgan fingerprint density at radius 3 is 2.62 bits per heavy atom. The molecular formula is C24H32N4O. The molecule has 0 radical (unpaired) electrons. The van der Waals surface area contributed by atoms with Crippen molar-refractivity contribution in [2.45, 2.75) is 38.5 Å². The van der Waals surface area contributed by atoms with Crippen LogP contribution in [-0.2, 0) is 17.6 Å². The Hall–Kier alpha value is -2.40. The molecule has 0 unspecified atom stereocenters. The smallest absolute Gasteiger partial charge is 0.239 e. The molecule has 154 valence electrons. The minimum Gasteiger partial charge on any atom is -0.361 e. The first-order chi connectivity index (χ1) is 14.2. The number of aryl methyl sites for hydroxylation is 1. The zero-order chi connectivity index (χ0) is 19.9. The quantitative estimate of drug-likeness (QED) is 0.842. The Labute approximate surface area is 173 Å². The Bertz CT molecular complexity index is 800. The van der Waals surface area contributed by atoms with Gasteiger partial charge in [0.15, 0.2) is 0 Å². The van der Waals surface area contributed by atoms with Crippen molar-refractivity contribution in [1.29, 1.82) is 0 Å². The predicted octanol–water partition coefficient (Wildman–Crippen LogP) is 3.27. The Kier molecular flexibility index (Phi) is 6.45. The second-order valence-electron chi connectivity index (χ2n) is 8.58. The number of hydrogen-bond acceptors (Lipinski definition) is 4. The maximum absolute atomic E-state index is 12.3. The van der Waals surface area contributed by atoms with Crippen LogP contribution in [0.1, 0.15) is 36.9 Å². The summed E-state index contributed by atoms with van der Waals surface area (Å²) in [6, 6.07) is 16.8. The summed E-state index contributed by atoms with van der Waals surface area (Å²) in [5.41, 5.74) is 2.75. The summed E-state index contributed by atoms with van der Waals surface area (Å²) in [7, 11) is 0. The van der Waals surface area contributed by atoms with Gasteiger partial charge in [-0.15, -0.1) is 0 Å². The van der Waals surface area contributed by atoms with E-state index in [0.717, 1.165) is 76.2 Å². The van der Waals surface area contributed by atoms with E-state index in [4.69, 9.17) is 0 Å². The molecule has 2 aromatic rings. The van der Waals surface area contributed by atoms with Crippen molar-refractivity contribution >= 4 is 11.7 Å². The van der Waals surface area contributed by atoms with Crippen molar-refractivity contribution in [2.24, 2.45) is 5.41 Å². The molecule has 2 N–H and O–H groups in total. The molecule has 2 bridgehead atoms. The lowest BCUT2D eigenvalue weighted by atomic mass is 9.74. The molecule has 0 aliphatic carbocycles. The van der Waals surface area contributed by atoms with Gasteiger partial charge in [0.05, 0.1) is 6.54 Å². The van der Waals surface area contributed by atoms with Gasteiger partial charge in [0.2, 0.25) is 5.91 Å². The lowest BCUT2D eigenvalue weighted by Gasteiger charge is -2.42. The van der Waals surface area contributed by atoms with Crippen LogP contribution in [0.25, 0.3) is 0 Å². The number of nitrogens with one attached hydrogen (secondary N) is 2. The summed E-state index contributed by atoms with van der Waals surface area (Å²) >= 11 is 0. The number of likely N-dealkylation sites (tertiary alicyclic amines) is 1. The van der Waals surface area contributed by atoms with Crippen molar-refractivity contribution in [3.63, 3.8) is 0 Å². The number of nitrogens with zero attached hydrogens (tertiary/aromatic N) is 2. The van der Waals surface area contributed by atoms with Crippen LogP contribution < -0.4 is 10.6 Å². The van der Waals surface area contributed by atoms with E-state index in [9.17, 15) is 4.79 Å². The van der Waals surface area contributed by atoms with Gasteiger partial charge in [0, 0.05) is 18.8 Å². The summed E-state index contributed by atoms with van der Waals surface area (Å²) < 4.78 is 0. The number of anilines is 1. The van der Waals surface area contributed by atoms with Gasteiger partial charge in [-0.25, -0.2) is 4.98 Å². The van der Waals surface area contributed by atoms with Gasteiger partial charge in [-0.1, -0.05) is 36.4 Å². The number of rotatable bonds is 3. The number of hydrogen-bond donors (Lipinski definition) is 2. The maximum Gasteiger partial charge on any atom is 0.239 e. The Morgan fingerprint density at radius 1 is 0.966 bits per heavy atom. The van der Waals surface area contributed by atoms with E-state index in [0.29, 0.717) is 0 Å². The average Bonchev–Trinajstić information content (AvgIpc) is 2.76. The minimum absolute atomic E-state index is 0.0589. The second-order valence-corrected chi connectivity index (χ2v) is 8.58. The van der Waals surface area contributed by atoms with Gasteiger partial charge in [-0.05, 0) is 74.7 Å². The van der Waals surface area contributed by atoms with Gasteiger partial charge in [-0.2, -0.15) is 0 Å². The predicted molar refractivity (Wildman–Crippen MR) is 117 cm³/mol. The third-order valence-corrected chi connectivity index (χ3v) is 6.51. The molecule has 3 heterocycles. The van der Waals surface area contributed by atoms with Crippen LogP contribution in [0.5, 0.6) is 0 Å². The van der Waals surface area contributed by atoms with Crippen LogP contribution in [0, 0.1) is 5.41 Å². The number of carbonyl (C=O) groups excluding carboxylic acids is 1. The fourth-order valence-corrected chi connectivity index (χ4v) is 4.58. The van der Waals surface area contributed by atoms with E-state index in [2.05, 4.69) is 56.9 Å². The number of aromatic nitrogens is 1. The first-order valence-electron chi connectivity index (χ1n) is 10.9. The topological polar surface area (TPSA) is 57.3 Å². The van der Waals surface area contributed by atoms with Crippen LogP contribution in [0.15, 0.2) is 48.5 Å². The Balaban J connectivity index is 1.35. The molecule has 1 amide bonds. The van der Waals surface area contributed by atoms with Gasteiger partial charge < -0.3 is 15.5 Å².